The van der Waals surface area contributed by atoms with Crippen LogP contribution in [0.25, 0.3) is 0 Å². The van der Waals surface area contributed by atoms with Crippen molar-refractivity contribution in [3.63, 3.8) is 0 Å². The van der Waals surface area contributed by atoms with Crippen LogP contribution in [0.15, 0.2) is 60.7 Å². The number of nitrogens with one attached hydrogen (secondary N) is 1. The van der Waals surface area contributed by atoms with Gasteiger partial charge in [0, 0.05) is 13.0 Å². The second-order valence-corrected chi connectivity index (χ2v) is 8.19. The Morgan fingerprint density at radius 2 is 1.52 bits per heavy atom. The number of nitrogens with zero attached hydrogens (tertiary/aromatic N) is 2. The van der Waals surface area contributed by atoms with E-state index in [1.807, 2.05) is 65.6 Å². The number of carbonyl (C=O) groups is 3. The number of rotatable bonds is 4. The quantitative estimate of drug-likeness (QED) is 0.862. The van der Waals surface area contributed by atoms with Gasteiger partial charge in [-0.1, -0.05) is 60.7 Å². The van der Waals surface area contributed by atoms with Gasteiger partial charge in [0.25, 0.3) is 0 Å². The minimum Gasteiger partial charge on any atom is -0.342 e. The monoisotopic (exact) mass is 389 g/mol. The largest absolute Gasteiger partial charge is 0.342 e. The first-order chi connectivity index (χ1) is 14.1. The fraction of sp³-hybridized carbons (Fsp3) is 0.348. The predicted octanol–water partition coefficient (Wildman–Crippen LogP) is 1.50. The third-order valence-electron chi connectivity index (χ3n) is 6.34. The topological polar surface area (TPSA) is 69.7 Å². The van der Waals surface area contributed by atoms with Crippen LogP contribution in [-0.2, 0) is 27.3 Å². The molecule has 148 valence electrons. The SMILES string of the molecule is O=C1N[C@@H](Cc2ccccc2)C(=O)N2CC(=O)N(Cc3ccccc3)C3(CC3)[C@H]12. The van der Waals surface area contributed by atoms with Crippen LogP contribution < -0.4 is 5.32 Å². The summed E-state index contributed by atoms with van der Waals surface area (Å²) >= 11 is 0. The van der Waals surface area contributed by atoms with Gasteiger partial charge in [0.1, 0.15) is 18.6 Å². The van der Waals surface area contributed by atoms with E-state index in [0.717, 1.165) is 24.0 Å². The fourth-order valence-corrected chi connectivity index (χ4v) is 4.78. The standard InChI is InChI=1S/C23H23N3O3/c27-19-15-25-20(23(11-12-23)26(19)14-17-9-5-2-6-10-17)21(28)24-18(22(25)29)13-16-7-3-1-4-8-16/h1-10,18,20H,11-15H2,(H,24,28)/t18-,20-/m0/s1. The molecule has 3 aliphatic rings. The maximum Gasteiger partial charge on any atom is 0.246 e. The molecule has 2 atom stereocenters. The summed E-state index contributed by atoms with van der Waals surface area (Å²) in [5.41, 5.74) is 1.45. The molecule has 1 saturated carbocycles. The smallest absolute Gasteiger partial charge is 0.246 e. The average molecular weight is 389 g/mol. The molecule has 2 heterocycles. The van der Waals surface area contributed by atoms with Crippen LogP contribution in [0.1, 0.15) is 24.0 Å². The molecule has 1 N–H and O–H groups in total. The lowest BCUT2D eigenvalue weighted by atomic mass is 9.91. The molecule has 0 unspecified atom stereocenters. The van der Waals surface area contributed by atoms with Crippen LogP contribution in [0, 0.1) is 0 Å². The van der Waals surface area contributed by atoms with Crippen LogP contribution in [0.5, 0.6) is 0 Å². The Bertz CT molecular complexity index is 956. The molecule has 29 heavy (non-hydrogen) atoms. The molecule has 3 fully saturated rings. The first kappa shape index (κ1) is 17.9. The Balaban J connectivity index is 1.40. The lowest BCUT2D eigenvalue weighted by Gasteiger charge is -2.50. The van der Waals surface area contributed by atoms with Crippen molar-refractivity contribution >= 4 is 17.7 Å². The van der Waals surface area contributed by atoms with Gasteiger partial charge in [-0.25, -0.2) is 0 Å². The molecular formula is C23H23N3O3. The summed E-state index contributed by atoms with van der Waals surface area (Å²) in [5.74, 6) is -0.379. The summed E-state index contributed by atoms with van der Waals surface area (Å²) in [5, 5.41) is 2.94. The molecule has 0 aromatic heterocycles. The minimum atomic E-state index is -0.620. The van der Waals surface area contributed by atoms with Gasteiger partial charge >= 0.3 is 0 Å². The molecule has 2 aromatic rings. The molecule has 1 aliphatic carbocycles. The van der Waals surface area contributed by atoms with E-state index >= 15 is 0 Å². The number of amides is 3. The second-order valence-electron chi connectivity index (χ2n) is 8.19. The van der Waals surface area contributed by atoms with E-state index in [1.165, 1.54) is 4.90 Å². The Labute approximate surface area is 169 Å². The molecule has 0 radical (unpaired) electrons. The van der Waals surface area contributed by atoms with E-state index in [1.54, 1.807) is 0 Å². The molecule has 1 spiro atoms. The van der Waals surface area contributed by atoms with Gasteiger partial charge in [0.15, 0.2) is 0 Å². The molecule has 2 aliphatic heterocycles. The van der Waals surface area contributed by atoms with Crippen molar-refractivity contribution in [3.8, 4) is 0 Å². The Morgan fingerprint density at radius 1 is 0.897 bits per heavy atom. The van der Waals surface area contributed by atoms with Gasteiger partial charge in [-0.05, 0) is 24.0 Å². The minimum absolute atomic E-state index is 0.0310. The second kappa shape index (κ2) is 6.72. The maximum atomic E-state index is 13.2. The van der Waals surface area contributed by atoms with E-state index in [-0.39, 0.29) is 24.3 Å². The number of hydrogen-bond acceptors (Lipinski definition) is 3. The van der Waals surface area contributed by atoms with E-state index < -0.39 is 17.6 Å². The third-order valence-corrected chi connectivity index (χ3v) is 6.34. The maximum absolute atomic E-state index is 13.2. The first-order valence-corrected chi connectivity index (χ1v) is 10.1. The van der Waals surface area contributed by atoms with Gasteiger partial charge in [-0.15, -0.1) is 0 Å². The van der Waals surface area contributed by atoms with Gasteiger partial charge in [0.05, 0.1) is 5.54 Å². The lowest BCUT2D eigenvalue weighted by molar-refractivity contribution is -0.166. The predicted molar refractivity (Wildman–Crippen MR) is 107 cm³/mol. The molecule has 6 nitrogen and oxygen atoms in total. The number of benzene rings is 2. The highest BCUT2D eigenvalue weighted by Crippen LogP contribution is 2.50. The Kier molecular flexibility index (Phi) is 4.15. The van der Waals surface area contributed by atoms with Gasteiger partial charge in [-0.3, -0.25) is 14.4 Å². The van der Waals surface area contributed by atoms with Crippen molar-refractivity contribution in [3.05, 3.63) is 71.8 Å². The summed E-state index contributed by atoms with van der Waals surface area (Å²) in [6, 6.07) is 18.2. The van der Waals surface area contributed by atoms with Crippen molar-refractivity contribution < 1.29 is 14.4 Å². The summed E-state index contributed by atoms with van der Waals surface area (Å²) in [4.78, 5) is 42.7. The molecule has 3 amide bonds. The third kappa shape index (κ3) is 2.99. The Hall–Kier alpha value is -3.15. The van der Waals surface area contributed by atoms with E-state index in [0.29, 0.717) is 13.0 Å². The zero-order chi connectivity index (χ0) is 20.0. The summed E-state index contributed by atoms with van der Waals surface area (Å²) in [6.45, 7) is 0.440. The Morgan fingerprint density at radius 3 is 2.14 bits per heavy atom. The van der Waals surface area contributed by atoms with Gasteiger partial charge < -0.3 is 15.1 Å². The van der Waals surface area contributed by atoms with Crippen LogP contribution in [0.4, 0.5) is 0 Å². The van der Waals surface area contributed by atoms with E-state index in [2.05, 4.69) is 5.32 Å². The zero-order valence-corrected chi connectivity index (χ0v) is 16.1. The number of piperazine rings is 2. The normalized spacial score (nSPS) is 25.0. The van der Waals surface area contributed by atoms with Gasteiger partial charge in [0.2, 0.25) is 17.7 Å². The zero-order valence-electron chi connectivity index (χ0n) is 16.1. The molecule has 6 heteroatoms. The van der Waals surface area contributed by atoms with Crippen molar-refractivity contribution in [1.29, 1.82) is 0 Å². The molecule has 2 saturated heterocycles. The van der Waals surface area contributed by atoms with Gasteiger partial charge in [-0.2, -0.15) is 0 Å². The molecule has 0 bridgehead atoms. The van der Waals surface area contributed by atoms with Crippen molar-refractivity contribution in [1.82, 2.24) is 15.1 Å². The number of carbonyl (C=O) groups excluding carboxylic acids is 3. The fourth-order valence-electron chi connectivity index (χ4n) is 4.78. The summed E-state index contributed by atoms with van der Waals surface area (Å²) in [7, 11) is 0. The number of hydrogen-bond donors (Lipinski definition) is 1. The summed E-state index contributed by atoms with van der Waals surface area (Å²) < 4.78 is 0. The first-order valence-electron chi connectivity index (χ1n) is 10.1. The lowest BCUT2D eigenvalue weighted by Crippen LogP contribution is -2.75. The highest BCUT2D eigenvalue weighted by molar-refractivity contribution is 6.02. The highest BCUT2D eigenvalue weighted by atomic mass is 16.2. The van der Waals surface area contributed by atoms with Crippen molar-refractivity contribution in [2.24, 2.45) is 0 Å². The highest BCUT2D eigenvalue weighted by Gasteiger charge is 2.65. The molecular weight excluding hydrogens is 366 g/mol. The van der Waals surface area contributed by atoms with E-state index in [4.69, 9.17) is 0 Å². The van der Waals surface area contributed by atoms with E-state index in [9.17, 15) is 14.4 Å². The number of fused-ring (bicyclic) bond motifs is 2. The van der Waals surface area contributed by atoms with Crippen LogP contribution in [0.2, 0.25) is 0 Å². The molecule has 5 rings (SSSR count). The van der Waals surface area contributed by atoms with Crippen LogP contribution >= 0.6 is 0 Å². The van der Waals surface area contributed by atoms with Crippen LogP contribution in [0.3, 0.4) is 0 Å². The van der Waals surface area contributed by atoms with Crippen molar-refractivity contribution in [2.45, 2.75) is 43.4 Å². The molecule has 2 aromatic carbocycles. The summed E-state index contributed by atoms with van der Waals surface area (Å²) in [6.07, 6.45) is 1.93. The van der Waals surface area contributed by atoms with Crippen LogP contribution in [-0.4, -0.2) is 51.7 Å². The average Bonchev–Trinajstić information content (AvgIpc) is 3.51. The van der Waals surface area contributed by atoms with Crippen molar-refractivity contribution in [2.75, 3.05) is 6.54 Å².